The summed E-state index contributed by atoms with van der Waals surface area (Å²) < 4.78 is 11.0. The molecular formula is C16H26N4O3. The number of carbonyl (C=O) groups is 1. The van der Waals surface area contributed by atoms with Crippen LogP contribution in [-0.4, -0.2) is 65.4 Å². The number of nitrogens with zero attached hydrogens (tertiary/aromatic N) is 4. The molecule has 7 nitrogen and oxygen atoms in total. The van der Waals surface area contributed by atoms with Crippen molar-refractivity contribution in [2.24, 2.45) is 5.41 Å². The third-order valence-corrected chi connectivity index (χ3v) is 5.28. The molecule has 128 valence electrons. The van der Waals surface area contributed by atoms with Gasteiger partial charge in [0.05, 0.1) is 5.92 Å². The molecule has 1 atom stereocenters. The number of urea groups is 1. The summed E-state index contributed by atoms with van der Waals surface area (Å²) in [6, 6.07) is 0.111. The monoisotopic (exact) mass is 322 g/mol. The van der Waals surface area contributed by atoms with E-state index in [2.05, 4.69) is 10.1 Å². The van der Waals surface area contributed by atoms with Crippen LogP contribution in [0.15, 0.2) is 4.52 Å². The first-order chi connectivity index (χ1) is 11.1. The molecule has 2 fully saturated rings. The third-order valence-electron chi connectivity index (χ3n) is 5.28. The predicted octanol–water partition coefficient (Wildman–Crippen LogP) is 2.04. The number of amides is 2. The first-order valence-electron chi connectivity index (χ1n) is 8.51. The van der Waals surface area contributed by atoms with Crippen LogP contribution in [0, 0.1) is 12.3 Å². The van der Waals surface area contributed by atoms with E-state index in [9.17, 15) is 4.79 Å². The molecule has 0 radical (unpaired) electrons. The molecule has 0 N–H and O–H groups in total. The van der Waals surface area contributed by atoms with E-state index in [1.54, 1.807) is 0 Å². The summed E-state index contributed by atoms with van der Waals surface area (Å²) in [5.74, 6) is 1.42. The predicted molar refractivity (Wildman–Crippen MR) is 84.2 cm³/mol. The van der Waals surface area contributed by atoms with E-state index in [1.165, 1.54) is 0 Å². The van der Waals surface area contributed by atoms with Crippen LogP contribution in [-0.2, 0) is 4.74 Å². The van der Waals surface area contributed by atoms with Gasteiger partial charge in [0.15, 0.2) is 5.82 Å². The average Bonchev–Trinajstić information content (AvgIpc) is 3.13. The van der Waals surface area contributed by atoms with Gasteiger partial charge in [0.2, 0.25) is 5.89 Å². The molecule has 2 aliphatic rings. The minimum Gasteiger partial charge on any atom is -0.381 e. The van der Waals surface area contributed by atoms with Gasteiger partial charge >= 0.3 is 6.03 Å². The lowest BCUT2D eigenvalue weighted by Gasteiger charge is -2.36. The Labute approximate surface area is 137 Å². The highest BCUT2D eigenvalue weighted by atomic mass is 16.5. The molecule has 0 unspecified atom stereocenters. The second-order valence-corrected chi connectivity index (χ2v) is 6.54. The number of aryl methyl sites for hydroxylation is 1. The van der Waals surface area contributed by atoms with Crippen molar-refractivity contribution in [3.63, 3.8) is 0 Å². The standard InChI is InChI=1S/C16H26N4O3/c1-4-19(5-2)15(21)20-10-13(14-17-12(3)18-23-14)16(11-20)6-8-22-9-7-16/h13H,4-11H2,1-3H3/t13-/m0/s1. The molecule has 2 aliphatic heterocycles. The zero-order valence-corrected chi connectivity index (χ0v) is 14.2. The second kappa shape index (κ2) is 6.47. The fourth-order valence-electron chi connectivity index (χ4n) is 3.89. The quantitative estimate of drug-likeness (QED) is 0.851. The third kappa shape index (κ3) is 2.94. The molecule has 1 aromatic rings. The highest BCUT2D eigenvalue weighted by Gasteiger charge is 2.52. The van der Waals surface area contributed by atoms with E-state index in [-0.39, 0.29) is 17.4 Å². The molecule has 23 heavy (non-hydrogen) atoms. The highest BCUT2D eigenvalue weighted by Crippen LogP contribution is 2.49. The first kappa shape index (κ1) is 16.2. The number of aromatic nitrogens is 2. The molecule has 1 aromatic heterocycles. The Kier molecular flexibility index (Phi) is 4.57. The van der Waals surface area contributed by atoms with E-state index >= 15 is 0 Å². The Bertz CT molecular complexity index is 549. The molecule has 3 heterocycles. The van der Waals surface area contributed by atoms with Gasteiger partial charge in [-0.05, 0) is 33.6 Å². The summed E-state index contributed by atoms with van der Waals surface area (Å²) in [6.45, 7) is 10.2. The lowest BCUT2D eigenvalue weighted by atomic mass is 9.72. The van der Waals surface area contributed by atoms with Gasteiger partial charge in [0, 0.05) is 44.8 Å². The molecule has 0 aliphatic carbocycles. The number of hydrogen-bond acceptors (Lipinski definition) is 5. The summed E-state index contributed by atoms with van der Waals surface area (Å²) in [5.41, 5.74) is 0.0000359. The van der Waals surface area contributed by atoms with E-state index < -0.39 is 0 Å². The molecule has 7 heteroatoms. The SMILES string of the molecule is CCN(CC)C(=O)N1C[C@@H](c2nc(C)no2)C2(CCOCC2)C1. The topological polar surface area (TPSA) is 71.7 Å². The summed E-state index contributed by atoms with van der Waals surface area (Å²) >= 11 is 0. The number of likely N-dealkylation sites (tertiary alicyclic amines) is 1. The molecule has 2 saturated heterocycles. The van der Waals surface area contributed by atoms with Crippen molar-refractivity contribution in [3.05, 3.63) is 11.7 Å². The maximum atomic E-state index is 12.8. The Morgan fingerprint density at radius 1 is 1.35 bits per heavy atom. The van der Waals surface area contributed by atoms with Gasteiger partial charge in [0.1, 0.15) is 0 Å². The van der Waals surface area contributed by atoms with Gasteiger partial charge in [-0.1, -0.05) is 5.16 Å². The summed E-state index contributed by atoms with van der Waals surface area (Å²) in [6.07, 6.45) is 1.86. The van der Waals surface area contributed by atoms with E-state index in [0.29, 0.717) is 18.3 Å². The second-order valence-electron chi connectivity index (χ2n) is 6.54. The number of rotatable bonds is 3. The van der Waals surface area contributed by atoms with Crippen LogP contribution in [0.1, 0.15) is 44.3 Å². The number of carbonyl (C=O) groups excluding carboxylic acids is 1. The van der Waals surface area contributed by atoms with Crippen molar-refractivity contribution >= 4 is 6.03 Å². The summed E-state index contributed by atoms with van der Waals surface area (Å²) in [5, 5.41) is 3.95. The van der Waals surface area contributed by atoms with Crippen molar-refractivity contribution < 1.29 is 14.1 Å². The summed E-state index contributed by atoms with van der Waals surface area (Å²) in [4.78, 5) is 21.1. The van der Waals surface area contributed by atoms with Crippen LogP contribution in [0.5, 0.6) is 0 Å². The van der Waals surface area contributed by atoms with E-state index in [0.717, 1.165) is 45.7 Å². The number of hydrogen-bond donors (Lipinski definition) is 0. The van der Waals surface area contributed by atoms with Crippen molar-refractivity contribution in [2.45, 2.75) is 39.5 Å². The Morgan fingerprint density at radius 3 is 2.61 bits per heavy atom. The fraction of sp³-hybridized carbons (Fsp3) is 0.812. The first-order valence-corrected chi connectivity index (χ1v) is 8.51. The van der Waals surface area contributed by atoms with Crippen LogP contribution in [0.3, 0.4) is 0 Å². The van der Waals surface area contributed by atoms with Crippen LogP contribution in [0.4, 0.5) is 4.79 Å². The largest absolute Gasteiger partial charge is 0.381 e. The van der Waals surface area contributed by atoms with E-state index in [4.69, 9.17) is 9.26 Å². The maximum absolute atomic E-state index is 12.8. The van der Waals surface area contributed by atoms with Crippen LogP contribution < -0.4 is 0 Å². The molecule has 1 spiro atoms. The minimum atomic E-state index is 0.0000359. The lowest BCUT2D eigenvalue weighted by molar-refractivity contribution is 0.00896. The van der Waals surface area contributed by atoms with Crippen LogP contribution in [0.2, 0.25) is 0 Å². The van der Waals surface area contributed by atoms with Crippen molar-refractivity contribution in [2.75, 3.05) is 39.4 Å². The molecule has 0 aromatic carbocycles. The molecule has 0 bridgehead atoms. The maximum Gasteiger partial charge on any atom is 0.320 e. The van der Waals surface area contributed by atoms with Gasteiger partial charge in [0.25, 0.3) is 0 Å². The van der Waals surface area contributed by atoms with Gasteiger partial charge < -0.3 is 19.1 Å². The smallest absolute Gasteiger partial charge is 0.320 e. The van der Waals surface area contributed by atoms with Gasteiger partial charge in [-0.2, -0.15) is 4.98 Å². The molecule has 2 amide bonds. The van der Waals surface area contributed by atoms with Crippen molar-refractivity contribution in [1.29, 1.82) is 0 Å². The zero-order chi connectivity index (χ0) is 16.4. The average molecular weight is 322 g/mol. The van der Waals surface area contributed by atoms with Crippen LogP contribution >= 0.6 is 0 Å². The molecule has 3 rings (SSSR count). The van der Waals surface area contributed by atoms with Crippen molar-refractivity contribution in [1.82, 2.24) is 19.9 Å². The van der Waals surface area contributed by atoms with Gasteiger partial charge in [-0.3, -0.25) is 0 Å². The molecule has 0 saturated carbocycles. The van der Waals surface area contributed by atoms with Gasteiger partial charge in [-0.15, -0.1) is 0 Å². The minimum absolute atomic E-state index is 0.0000359. The highest BCUT2D eigenvalue weighted by molar-refractivity contribution is 5.75. The Hall–Kier alpha value is -1.63. The summed E-state index contributed by atoms with van der Waals surface area (Å²) in [7, 11) is 0. The van der Waals surface area contributed by atoms with Crippen LogP contribution in [0.25, 0.3) is 0 Å². The molecular weight excluding hydrogens is 296 g/mol. The zero-order valence-electron chi connectivity index (χ0n) is 14.2. The normalized spacial score (nSPS) is 23.4. The number of ether oxygens (including phenoxy) is 1. The Morgan fingerprint density at radius 2 is 2.04 bits per heavy atom. The van der Waals surface area contributed by atoms with Crippen molar-refractivity contribution in [3.8, 4) is 0 Å². The Balaban J connectivity index is 1.86. The lowest BCUT2D eigenvalue weighted by Crippen LogP contribution is -2.43. The van der Waals surface area contributed by atoms with E-state index in [1.807, 2.05) is 30.6 Å². The van der Waals surface area contributed by atoms with Gasteiger partial charge in [-0.25, -0.2) is 4.79 Å². The fourth-order valence-corrected chi connectivity index (χ4v) is 3.89.